The number of carboxylic acid groups (broad SMARTS) is 1. The van der Waals surface area contributed by atoms with Gasteiger partial charge in [0, 0.05) is 41.7 Å². The molecule has 1 aliphatic carbocycles. The van der Waals surface area contributed by atoms with Gasteiger partial charge < -0.3 is 9.84 Å². The van der Waals surface area contributed by atoms with Crippen LogP contribution in [0.1, 0.15) is 31.2 Å². The molecule has 7 heteroatoms. The molecule has 1 fully saturated rings. The lowest BCUT2D eigenvalue weighted by molar-refractivity contribution is -0.142. The fourth-order valence-electron chi connectivity index (χ4n) is 4.49. The molecule has 33 heavy (non-hydrogen) atoms. The van der Waals surface area contributed by atoms with E-state index >= 15 is 0 Å². The molecule has 1 aromatic carbocycles. The minimum atomic E-state index is -0.937. The fraction of sp³-hybridized carbons (Fsp3) is 0.385. The summed E-state index contributed by atoms with van der Waals surface area (Å²) >= 11 is 0. The lowest BCUT2D eigenvalue weighted by atomic mass is 9.82. The van der Waals surface area contributed by atoms with E-state index in [0.717, 1.165) is 53.6 Å². The van der Waals surface area contributed by atoms with Crippen LogP contribution in [0.2, 0.25) is 0 Å². The second kappa shape index (κ2) is 10.5. The minimum absolute atomic E-state index is 0.113. The second-order valence-electron chi connectivity index (χ2n) is 8.84. The zero-order valence-corrected chi connectivity index (χ0v) is 18.8. The normalized spacial score (nSPS) is 18.2. The maximum atomic E-state index is 13.0. The van der Waals surface area contributed by atoms with Gasteiger partial charge in [0.15, 0.2) is 0 Å². The summed E-state index contributed by atoms with van der Waals surface area (Å²) in [4.78, 5) is 28.0. The predicted octanol–water partition coefficient (Wildman–Crippen LogP) is 4.19. The number of benzene rings is 1. The highest BCUT2D eigenvalue weighted by molar-refractivity contribution is 5.80. The van der Waals surface area contributed by atoms with E-state index < -0.39 is 5.97 Å². The van der Waals surface area contributed by atoms with E-state index in [2.05, 4.69) is 4.98 Å². The number of ether oxygens (including phenoxy) is 1. The predicted molar refractivity (Wildman–Crippen MR) is 126 cm³/mol. The van der Waals surface area contributed by atoms with Gasteiger partial charge in [-0.25, -0.2) is 9.48 Å². The summed E-state index contributed by atoms with van der Waals surface area (Å²) < 4.78 is 6.86. The summed E-state index contributed by atoms with van der Waals surface area (Å²) in [6.45, 7) is 2.79. The van der Waals surface area contributed by atoms with Crippen LogP contribution in [0.4, 0.5) is 0 Å². The first-order chi connectivity index (χ1) is 16.0. The third kappa shape index (κ3) is 5.93. The van der Waals surface area contributed by atoms with Crippen molar-refractivity contribution in [2.45, 2.75) is 39.2 Å². The van der Waals surface area contributed by atoms with Gasteiger partial charge in [0.2, 0.25) is 0 Å². The van der Waals surface area contributed by atoms with E-state index in [1.165, 1.54) is 0 Å². The van der Waals surface area contributed by atoms with Crippen molar-refractivity contribution in [3.05, 3.63) is 70.8 Å². The highest BCUT2D eigenvalue weighted by Crippen LogP contribution is 2.31. The SMILES string of the molecule is Cc1cncc(-c2cc(=O)n(C[C@H]3CC[C@@H](COCC(=O)O)CC3)nc2-c2ccccc2)c1. The largest absolute Gasteiger partial charge is 0.480 e. The molecule has 4 rings (SSSR count). The van der Waals surface area contributed by atoms with Crippen LogP contribution in [0.3, 0.4) is 0 Å². The average molecular weight is 448 g/mol. The minimum Gasteiger partial charge on any atom is -0.480 e. The highest BCUT2D eigenvalue weighted by Gasteiger charge is 2.23. The van der Waals surface area contributed by atoms with Crippen molar-refractivity contribution in [2.24, 2.45) is 11.8 Å². The Morgan fingerprint density at radius 3 is 2.48 bits per heavy atom. The Balaban J connectivity index is 1.54. The van der Waals surface area contributed by atoms with Crippen molar-refractivity contribution >= 4 is 5.97 Å². The Morgan fingerprint density at radius 2 is 1.79 bits per heavy atom. The van der Waals surface area contributed by atoms with Crippen molar-refractivity contribution in [3.63, 3.8) is 0 Å². The van der Waals surface area contributed by atoms with Gasteiger partial charge in [0.25, 0.3) is 5.56 Å². The van der Waals surface area contributed by atoms with Crippen molar-refractivity contribution < 1.29 is 14.6 Å². The van der Waals surface area contributed by atoms with E-state index in [9.17, 15) is 9.59 Å². The van der Waals surface area contributed by atoms with Crippen LogP contribution in [0, 0.1) is 18.8 Å². The third-order valence-corrected chi connectivity index (χ3v) is 6.21. The molecule has 0 aliphatic heterocycles. The number of hydrogen-bond donors (Lipinski definition) is 1. The summed E-state index contributed by atoms with van der Waals surface area (Å²) in [5.74, 6) is -0.198. The monoisotopic (exact) mass is 447 g/mol. The highest BCUT2D eigenvalue weighted by atomic mass is 16.5. The number of carboxylic acids is 1. The van der Waals surface area contributed by atoms with Crippen LogP contribution in [0.15, 0.2) is 59.7 Å². The molecule has 3 aromatic rings. The van der Waals surface area contributed by atoms with Gasteiger partial charge in [0.1, 0.15) is 6.61 Å². The smallest absolute Gasteiger partial charge is 0.329 e. The Hall–Kier alpha value is -3.32. The number of rotatable bonds is 8. The molecule has 1 aliphatic rings. The number of pyridine rings is 1. The van der Waals surface area contributed by atoms with Crippen molar-refractivity contribution in [1.82, 2.24) is 14.8 Å². The van der Waals surface area contributed by atoms with Crippen molar-refractivity contribution in [3.8, 4) is 22.4 Å². The molecule has 1 N–H and O–H groups in total. The van der Waals surface area contributed by atoms with Crippen LogP contribution < -0.4 is 5.56 Å². The van der Waals surface area contributed by atoms with Crippen molar-refractivity contribution in [1.29, 1.82) is 0 Å². The zero-order valence-electron chi connectivity index (χ0n) is 18.8. The molecule has 0 bridgehead atoms. The Bertz CT molecular complexity index is 1150. The molecular formula is C26H29N3O4. The molecule has 2 heterocycles. The molecule has 172 valence electrons. The Kier molecular flexibility index (Phi) is 7.29. The van der Waals surface area contributed by atoms with Gasteiger partial charge in [-0.2, -0.15) is 5.10 Å². The van der Waals surface area contributed by atoms with Crippen molar-refractivity contribution in [2.75, 3.05) is 13.2 Å². The molecule has 0 spiro atoms. The number of nitrogens with zero attached hydrogens (tertiary/aromatic N) is 3. The maximum absolute atomic E-state index is 13.0. The molecular weight excluding hydrogens is 418 g/mol. The average Bonchev–Trinajstić information content (AvgIpc) is 2.81. The van der Waals surface area contributed by atoms with Crippen LogP contribution in [-0.4, -0.2) is 39.1 Å². The quantitative estimate of drug-likeness (QED) is 0.556. The molecule has 0 saturated heterocycles. The summed E-state index contributed by atoms with van der Waals surface area (Å²) in [5, 5.41) is 13.5. The van der Waals surface area contributed by atoms with Gasteiger partial charge in [-0.1, -0.05) is 30.3 Å². The van der Waals surface area contributed by atoms with Crippen LogP contribution in [0.5, 0.6) is 0 Å². The number of aromatic nitrogens is 3. The number of carbonyl (C=O) groups is 1. The summed E-state index contributed by atoms with van der Waals surface area (Å²) in [7, 11) is 0. The second-order valence-corrected chi connectivity index (χ2v) is 8.84. The molecule has 0 atom stereocenters. The number of hydrogen-bond acceptors (Lipinski definition) is 5. The first-order valence-corrected chi connectivity index (χ1v) is 11.4. The summed E-state index contributed by atoms with van der Waals surface area (Å²) in [5.41, 5.74) is 4.32. The van der Waals surface area contributed by atoms with Gasteiger partial charge in [-0.05, 0) is 56.1 Å². The number of aliphatic carboxylic acids is 1. The first-order valence-electron chi connectivity index (χ1n) is 11.4. The first kappa shape index (κ1) is 22.9. The Morgan fingerprint density at radius 1 is 1.06 bits per heavy atom. The van der Waals surface area contributed by atoms with E-state index in [1.54, 1.807) is 23.1 Å². The van der Waals surface area contributed by atoms with Crippen LogP contribution in [-0.2, 0) is 16.1 Å². The lowest BCUT2D eigenvalue weighted by Crippen LogP contribution is -2.29. The summed E-state index contributed by atoms with van der Waals surface area (Å²) in [6.07, 6.45) is 7.45. The molecule has 1 saturated carbocycles. The number of aryl methyl sites for hydroxylation is 1. The van der Waals surface area contributed by atoms with Gasteiger partial charge in [-0.3, -0.25) is 9.78 Å². The molecule has 0 amide bonds. The van der Waals surface area contributed by atoms with Crippen LogP contribution in [0.25, 0.3) is 22.4 Å². The maximum Gasteiger partial charge on any atom is 0.329 e. The van der Waals surface area contributed by atoms with E-state index in [1.807, 2.05) is 43.3 Å². The van der Waals surface area contributed by atoms with Gasteiger partial charge in [0.05, 0.1) is 12.3 Å². The Labute approximate surface area is 193 Å². The molecule has 0 radical (unpaired) electrons. The molecule has 7 nitrogen and oxygen atoms in total. The molecule has 2 aromatic heterocycles. The third-order valence-electron chi connectivity index (χ3n) is 6.21. The fourth-order valence-corrected chi connectivity index (χ4v) is 4.49. The van der Waals surface area contributed by atoms with E-state index in [-0.39, 0.29) is 12.2 Å². The summed E-state index contributed by atoms with van der Waals surface area (Å²) in [6, 6.07) is 13.6. The molecule has 0 unspecified atom stereocenters. The van der Waals surface area contributed by atoms with Gasteiger partial charge >= 0.3 is 5.97 Å². The van der Waals surface area contributed by atoms with E-state index in [4.69, 9.17) is 14.9 Å². The van der Waals surface area contributed by atoms with Crippen LogP contribution >= 0.6 is 0 Å². The zero-order chi connectivity index (χ0) is 23.2. The standard InChI is InChI=1S/C26H29N3O4/c1-18-11-22(14-27-13-18)23-12-24(30)29(28-26(23)21-5-3-2-4-6-21)15-19-7-9-20(10-8-19)16-33-17-25(31)32/h2-6,11-14,19-20H,7-10,15-17H2,1H3,(H,31,32)/t19-,20+. The van der Waals surface area contributed by atoms with Gasteiger partial charge in [-0.15, -0.1) is 0 Å². The lowest BCUT2D eigenvalue weighted by Gasteiger charge is -2.28. The topological polar surface area (TPSA) is 94.3 Å². The van der Waals surface area contributed by atoms with E-state index in [0.29, 0.717) is 25.0 Å².